The van der Waals surface area contributed by atoms with Gasteiger partial charge in [0, 0.05) is 12.0 Å². The van der Waals surface area contributed by atoms with Crippen LogP contribution in [0.5, 0.6) is 5.75 Å². The van der Waals surface area contributed by atoms with Crippen molar-refractivity contribution in [2.24, 2.45) is 11.1 Å². The van der Waals surface area contributed by atoms with Gasteiger partial charge in [-0.2, -0.15) is 17.6 Å². The standard InChI is InChI=1S/C35H37F4N3O4/c1-34(2,3)29(21-45-33(40)43)46-25-15-12-23(13-16-25)31(27(20-35(37,38)39)22-9-5-4-6-10-22)24-14-17-28-26(19-24)32(36)41-42(28)30-11-7-8-18-44-30/h4-6,9-10,12-17,19,29-30H,7-8,11,18,20-21H2,1-3H3,(H2,40,43). The predicted molar refractivity (Wildman–Crippen MR) is 167 cm³/mol. The molecular formula is C35H37F4N3O4. The molecule has 1 aliphatic rings. The summed E-state index contributed by atoms with van der Waals surface area (Å²) in [5.74, 6) is -0.305. The van der Waals surface area contributed by atoms with Gasteiger partial charge >= 0.3 is 12.3 Å². The van der Waals surface area contributed by atoms with Crippen LogP contribution in [0.3, 0.4) is 0 Å². The van der Waals surface area contributed by atoms with Gasteiger partial charge in [-0.15, -0.1) is 5.10 Å². The van der Waals surface area contributed by atoms with E-state index in [0.717, 1.165) is 12.8 Å². The van der Waals surface area contributed by atoms with Crippen LogP contribution in [-0.4, -0.2) is 41.4 Å². The third-order valence-corrected chi connectivity index (χ3v) is 7.94. The fraction of sp³-hybridized carbons (Fsp3) is 0.371. The van der Waals surface area contributed by atoms with E-state index in [-0.39, 0.29) is 17.6 Å². The number of rotatable bonds is 9. The summed E-state index contributed by atoms with van der Waals surface area (Å²) >= 11 is 0. The molecule has 1 amide bonds. The molecule has 7 nitrogen and oxygen atoms in total. The molecule has 0 spiro atoms. The molecule has 2 unspecified atom stereocenters. The van der Waals surface area contributed by atoms with Crippen molar-refractivity contribution in [2.45, 2.75) is 65.0 Å². The van der Waals surface area contributed by atoms with Gasteiger partial charge in [-0.3, -0.25) is 0 Å². The Bertz CT molecular complexity index is 1690. The Labute approximate surface area is 264 Å². The second-order valence-electron chi connectivity index (χ2n) is 12.4. The number of fused-ring (bicyclic) bond motifs is 1. The van der Waals surface area contributed by atoms with Crippen molar-refractivity contribution in [3.05, 3.63) is 95.4 Å². The highest BCUT2D eigenvalue weighted by molar-refractivity contribution is 6.00. The fourth-order valence-corrected chi connectivity index (χ4v) is 5.57. The number of nitrogens with two attached hydrogens (primary N) is 1. The number of hydrogen-bond acceptors (Lipinski definition) is 5. The SMILES string of the molecule is CC(C)(C)C(COC(N)=O)Oc1ccc(C(=C(CC(F)(F)F)c2ccccc2)c2ccc3c(c2)c(F)nn3C2CCCCO2)cc1. The van der Waals surface area contributed by atoms with Gasteiger partial charge in [0.05, 0.1) is 17.3 Å². The summed E-state index contributed by atoms with van der Waals surface area (Å²) in [5.41, 5.74) is 6.81. The number of nitrogens with zero attached hydrogens (tertiary/aromatic N) is 2. The van der Waals surface area contributed by atoms with E-state index in [1.807, 2.05) is 20.8 Å². The minimum atomic E-state index is -4.53. The number of aromatic nitrogens is 2. The zero-order chi connectivity index (χ0) is 33.1. The number of allylic oxidation sites excluding steroid dienone is 1. The summed E-state index contributed by atoms with van der Waals surface area (Å²) in [7, 11) is 0. The van der Waals surface area contributed by atoms with Gasteiger partial charge in [-0.25, -0.2) is 9.48 Å². The smallest absolute Gasteiger partial charge is 0.404 e. The Morgan fingerprint density at radius 1 is 1.00 bits per heavy atom. The van der Waals surface area contributed by atoms with E-state index in [1.165, 1.54) is 4.68 Å². The molecule has 244 valence electrons. The zero-order valence-corrected chi connectivity index (χ0v) is 25.9. The lowest BCUT2D eigenvalue weighted by Crippen LogP contribution is -2.37. The van der Waals surface area contributed by atoms with Crippen LogP contribution in [0.15, 0.2) is 72.8 Å². The molecule has 46 heavy (non-hydrogen) atoms. The van der Waals surface area contributed by atoms with Crippen molar-refractivity contribution >= 4 is 28.1 Å². The molecule has 0 saturated carbocycles. The molecule has 4 aromatic rings. The summed E-state index contributed by atoms with van der Waals surface area (Å²) in [6.45, 7) is 6.21. The Kier molecular flexibility index (Phi) is 9.71. The first-order valence-corrected chi connectivity index (χ1v) is 15.1. The van der Waals surface area contributed by atoms with Gasteiger partial charge in [0.2, 0.25) is 5.95 Å². The van der Waals surface area contributed by atoms with Crippen LogP contribution in [0.1, 0.15) is 69.4 Å². The molecule has 1 saturated heterocycles. The molecule has 5 rings (SSSR count). The van der Waals surface area contributed by atoms with E-state index in [4.69, 9.17) is 19.9 Å². The number of halogens is 4. The van der Waals surface area contributed by atoms with E-state index in [9.17, 15) is 18.0 Å². The monoisotopic (exact) mass is 639 g/mol. The lowest BCUT2D eigenvalue weighted by Gasteiger charge is -2.30. The highest BCUT2D eigenvalue weighted by Gasteiger charge is 2.32. The quantitative estimate of drug-likeness (QED) is 0.146. The number of hydrogen-bond donors (Lipinski definition) is 1. The molecule has 3 aromatic carbocycles. The number of benzene rings is 3. The Hall–Kier alpha value is -4.38. The highest BCUT2D eigenvalue weighted by atomic mass is 19.4. The first-order valence-electron chi connectivity index (χ1n) is 15.1. The average Bonchev–Trinajstić information content (AvgIpc) is 3.35. The van der Waals surface area contributed by atoms with Crippen LogP contribution < -0.4 is 10.5 Å². The van der Waals surface area contributed by atoms with Crippen LogP contribution in [0, 0.1) is 11.4 Å². The predicted octanol–water partition coefficient (Wildman–Crippen LogP) is 8.67. The van der Waals surface area contributed by atoms with Gasteiger partial charge in [-0.05, 0) is 71.4 Å². The minimum absolute atomic E-state index is 0.0342. The fourth-order valence-electron chi connectivity index (χ4n) is 5.57. The van der Waals surface area contributed by atoms with Crippen molar-refractivity contribution in [3.8, 4) is 5.75 Å². The molecule has 0 bridgehead atoms. The van der Waals surface area contributed by atoms with Gasteiger partial charge < -0.3 is 19.9 Å². The summed E-state index contributed by atoms with van der Waals surface area (Å²) in [5, 5.41) is 4.29. The van der Waals surface area contributed by atoms with Gasteiger partial charge in [-0.1, -0.05) is 69.3 Å². The number of alkyl halides is 3. The topological polar surface area (TPSA) is 88.6 Å². The maximum absolute atomic E-state index is 15.3. The first kappa shape index (κ1) is 33.0. The molecule has 0 radical (unpaired) electrons. The molecule has 0 aliphatic carbocycles. The largest absolute Gasteiger partial charge is 0.486 e. The molecule has 2 atom stereocenters. The summed E-state index contributed by atoms with van der Waals surface area (Å²) in [6, 6.07) is 19.9. The lowest BCUT2D eigenvalue weighted by atomic mass is 9.87. The molecule has 2 heterocycles. The van der Waals surface area contributed by atoms with E-state index >= 15 is 4.39 Å². The van der Waals surface area contributed by atoms with Gasteiger partial charge in [0.15, 0.2) is 6.23 Å². The van der Waals surface area contributed by atoms with Crippen molar-refractivity contribution in [1.82, 2.24) is 9.78 Å². The van der Waals surface area contributed by atoms with Crippen molar-refractivity contribution < 1.29 is 36.6 Å². The van der Waals surface area contributed by atoms with Gasteiger partial charge in [0.25, 0.3) is 0 Å². The van der Waals surface area contributed by atoms with Crippen LogP contribution in [-0.2, 0) is 9.47 Å². The van der Waals surface area contributed by atoms with Gasteiger partial charge in [0.1, 0.15) is 18.5 Å². The third-order valence-electron chi connectivity index (χ3n) is 7.94. The maximum atomic E-state index is 15.3. The normalized spacial score (nSPS) is 17.0. The molecule has 2 N–H and O–H groups in total. The Balaban J connectivity index is 1.63. The third kappa shape index (κ3) is 7.88. The lowest BCUT2D eigenvalue weighted by molar-refractivity contribution is -0.122. The zero-order valence-electron chi connectivity index (χ0n) is 25.9. The second kappa shape index (κ2) is 13.5. The van der Waals surface area contributed by atoms with Crippen molar-refractivity contribution in [1.29, 1.82) is 0 Å². The maximum Gasteiger partial charge on any atom is 0.404 e. The number of carbonyl (C=O) groups excluding carboxylic acids is 1. The van der Waals surface area contributed by atoms with Crippen LogP contribution in [0.4, 0.5) is 22.4 Å². The van der Waals surface area contributed by atoms with Crippen LogP contribution >= 0.6 is 0 Å². The second-order valence-corrected chi connectivity index (χ2v) is 12.4. The summed E-state index contributed by atoms with van der Waals surface area (Å²) in [4.78, 5) is 11.2. The first-order chi connectivity index (χ1) is 21.8. The highest BCUT2D eigenvalue weighted by Crippen LogP contribution is 2.41. The molecular weight excluding hydrogens is 602 g/mol. The van der Waals surface area contributed by atoms with E-state index < -0.39 is 42.4 Å². The number of carbonyl (C=O) groups is 1. The number of amides is 1. The van der Waals surface area contributed by atoms with Crippen LogP contribution in [0.25, 0.3) is 22.0 Å². The molecule has 1 aromatic heterocycles. The minimum Gasteiger partial charge on any atom is -0.486 e. The summed E-state index contributed by atoms with van der Waals surface area (Å²) < 4.78 is 76.3. The summed E-state index contributed by atoms with van der Waals surface area (Å²) in [6.07, 6.45) is -5.11. The number of primary amides is 1. The number of ether oxygens (including phenoxy) is 3. The van der Waals surface area contributed by atoms with Crippen molar-refractivity contribution in [2.75, 3.05) is 13.2 Å². The molecule has 1 aliphatic heterocycles. The van der Waals surface area contributed by atoms with E-state index in [2.05, 4.69) is 5.10 Å². The molecule has 1 fully saturated rings. The Morgan fingerprint density at radius 3 is 2.30 bits per heavy atom. The van der Waals surface area contributed by atoms with E-state index in [1.54, 1.807) is 72.8 Å². The van der Waals surface area contributed by atoms with E-state index in [0.29, 0.717) is 46.6 Å². The van der Waals surface area contributed by atoms with Crippen LogP contribution in [0.2, 0.25) is 0 Å². The van der Waals surface area contributed by atoms with Crippen molar-refractivity contribution in [3.63, 3.8) is 0 Å². The average molecular weight is 640 g/mol. The molecule has 11 heteroatoms. The Morgan fingerprint density at radius 2 is 1.70 bits per heavy atom.